The van der Waals surface area contributed by atoms with E-state index in [1.807, 2.05) is 0 Å². The van der Waals surface area contributed by atoms with E-state index in [4.69, 9.17) is 5.11 Å². The van der Waals surface area contributed by atoms with Crippen molar-refractivity contribution in [2.24, 2.45) is 5.92 Å². The van der Waals surface area contributed by atoms with Gasteiger partial charge in [-0.1, -0.05) is 0 Å². The van der Waals surface area contributed by atoms with E-state index in [0.29, 0.717) is 13.0 Å². The molecule has 1 rings (SSSR count). The third-order valence-electron chi connectivity index (χ3n) is 2.23. The molecule has 1 saturated heterocycles. The standard InChI is InChI=1S/C8H13NO4/c1-13-8(12)5-3-2-4-9-6(5)7(10)11/h5-6,9H,2-4H2,1H3,(H,10,11)/t5-,6+/m1/s1. The van der Waals surface area contributed by atoms with E-state index < -0.39 is 23.9 Å². The third-order valence-corrected chi connectivity index (χ3v) is 2.23. The summed E-state index contributed by atoms with van der Waals surface area (Å²) in [4.78, 5) is 21.9. The minimum atomic E-state index is -0.991. The summed E-state index contributed by atoms with van der Waals surface area (Å²) in [5, 5.41) is 11.6. The number of aliphatic carboxylic acids is 1. The van der Waals surface area contributed by atoms with Crippen molar-refractivity contribution in [2.75, 3.05) is 13.7 Å². The maximum atomic E-state index is 11.2. The minimum absolute atomic E-state index is 0.445. The van der Waals surface area contributed by atoms with Gasteiger partial charge in [0.1, 0.15) is 6.04 Å². The van der Waals surface area contributed by atoms with Crippen LogP contribution in [-0.2, 0) is 14.3 Å². The second kappa shape index (κ2) is 4.23. The molecular formula is C8H13NO4. The van der Waals surface area contributed by atoms with Crippen molar-refractivity contribution in [1.29, 1.82) is 0 Å². The van der Waals surface area contributed by atoms with E-state index >= 15 is 0 Å². The lowest BCUT2D eigenvalue weighted by Crippen LogP contribution is -2.49. The van der Waals surface area contributed by atoms with Gasteiger partial charge < -0.3 is 15.2 Å². The van der Waals surface area contributed by atoms with Crippen LogP contribution in [0.15, 0.2) is 0 Å². The van der Waals surface area contributed by atoms with Crippen LogP contribution in [0.5, 0.6) is 0 Å². The fourth-order valence-electron chi connectivity index (χ4n) is 1.55. The van der Waals surface area contributed by atoms with Gasteiger partial charge in [-0.3, -0.25) is 9.59 Å². The topological polar surface area (TPSA) is 75.6 Å². The molecule has 1 aliphatic rings. The van der Waals surface area contributed by atoms with Gasteiger partial charge in [0.05, 0.1) is 13.0 Å². The first-order valence-corrected chi connectivity index (χ1v) is 4.21. The molecule has 0 radical (unpaired) electrons. The normalized spacial score (nSPS) is 28.1. The zero-order valence-electron chi connectivity index (χ0n) is 7.45. The highest BCUT2D eigenvalue weighted by Crippen LogP contribution is 2.17. The first-order valence-electron chi connectivity index (χ1n) is 4.21. The van der Waals surface area contributed by atoms with Crippen LogP contribution in [-0.4, -0.2) is 36.7 Å². The molecule has 1 heterocycles. The fraction of sp³-hybridized carbons (Fsp3) is 0.750. The molecule has 0 saturated carbocycles. The van der Waals surface area contributed by atoms with Crippen LogP contribution in [0.1, 0.15) is 12.8 Å². The number of nitrogens with one attached hydrogen (secondary N) is 1. The number of esters is 1. The number of piperidine rings is 1. The van der Waals surface area contributed by atoms with Gasteiger partial charge in [-0.2, -0.15) is 0 Å². The molecule has 0 aromatic rings. The van der Waals surface area contributed by atoms with Crippen molar-refractivity contribution in [3.8, 4) is 0 Å². The van der Waals surface area contributed by atoms with Crippen LogP contribution < -0.4 is 5.32 Å². The van der Waals surface area contributed by atoms with Crippen molar-refractivity contribution in [2.45, 2.75) is 18.9 Å². The molecule has 2 N–H and O–H groups in total. The second-order valence-electron chi connectivity index (χ2n) is 3.04. The Bertz CT molecular complexity index is 216. The van der Waals surface area contributed by atoms with Gasteiger partial charge in [0, 0.05) is 0 Å². The van der Waals surface area contributed by atoms with Gasteiger partial charge in [0.25, 0.3) is 0 Å². The Morgan fingerprint density at radius 3 is 2.77 bits per heavy atom. The van der Waals surface area contributed by atoms with E-state index in [1.165, 1.54) is 7.11 Å². The number of ether oxygens (including phenoxy) is 1. The summed E-state index contributed by atoms with van der Waals surface area (Å²) in [6, 6.07) is -0.791. The number of carboxylic acid groups (broad SMARTS) is 1. The van der Waals surface area contributed by atoms with Crippen molar-refractivity contribution in [3.05, 3.63) is 0 Å². The fourth-order valence-corrected chi connectivity index (χ4v) is 1.55. The summed E-state index contributed by atoms with van der Waals surface area (Å²) < 4.78 is 4.53. The van der Waals surface area contributed by atoms with Gasteiger partial charge in [-0.15, -0.1) is 0 Å². The molecule has 2 atom stereocenters. The Kier molecular flexibility index (Phi) is 3.25. The Labute approximate surface area is 76.1 Å². The minimum Gasteiger partial charge on any atom is -0.480 e. The highest BCUT2D eigenvalue weighted by molar-refractivity contribution is 5.83. The molecule has 13 heavy (non-hydrogen) atoms. The molecule has 0 unspecified atom stereocenters. The SMILES string of the molecule is COC(=O)[C@@H]1CCCN[C@@H]1C(=O)O. The molecule has 0 aromatic heterocycles. The highest BCUT2D eigenvalue weighted by Gasteiger charge is 2.36. The summed E-state index contributed by atoms with van der Waals surface area (Å²) in [7, 11) is 1.27. The number of carboxylic acids is 1. The summed E-state index contributed by atoms with van der Waals surface area (Å²) in [6.07, 6.45) is 1.39. The van der Waals surface area contributed by atoms with Crippen LogP contribution >= 0.6 is 0 Å². The Hall–Kier alpha value is -1.10. The summed E-state index contributed by atoms with van der Waals surface area (Å²) in [5.41, 5.74) is 0. The molecule has 0 aromatic carbocycles. The van der Waals surface area contributed by atoms with Crippen LogP contribution in [0.3, 0.4) is 0 Å². The van der Waals surface area contributed by atoms with Crippen LogP contribution in [0, 0.1) is 5.92 Å². The number of carbonyl (C=O) groups is 2. The average Bonchev–Trinajstić information content (AvgIpc) is 2.16. The number of methoxy groups -OCH3 is 1. The largest absolute Gasteiger partial charge is 0.480 e. The molecule has 0 amide bonds. The predicted octanol–water partition coefficient (Wildman–Crippen LogP) is -0.388. The third kappa shape index (κ3) is 2.18. The quantitative estimate of drug-likeness (QED) is 0.576. The Morgan fingerprint density at radius 1 is 1.54 bits per heavy atom. The van der Waals surface area contributed by atoms with Crippen LogP contribution in [0.4, 0.5) is 0 Å². The smallest absolute Gasteiger partial charge is 0.321 e. The molecule has 1 aliphatic heterocycles. The van der Waals surface area contributed by atoms with E-state index in [0.717, 1.165) is 6.42 Å². The van der Waals surface area contributed by atoms with E-state index in [2.05, 4.69) is 10.1 Å². The maximum Gasteiger partial charge on any atom is 0.321 e. The van der Waals surface area contributed by atoms with Gasteiger partial charge in [0.2, 0.25) is 0 Å². The number of carbonyl (C=O) groups excluding carboxylic acids is 1. The van der Waals surface area contributed by atoms with Crippen molar-refractivity contribution in [3.63, 3.8) is 0 Å². The lowest BCUT2D eigenvalue weighted by atomic mass is 9.91. The Morgan fingerprint density at radius 2 is 2.23 bits per heavy atom. The van der Waals surface area contributed by atoms with Gasteiger partial charge in [-0.25, -0.2) is 0 Å². The second-order valence-corrected chi connectivity index (χ2v) is 3.04. The van der Waals surface area contributed by atoms with E-state index in [9.17, 15) is 9.59 Å². The maximum absolute atomic E-state index is 11.2. The number of rotatable bonds is 2. The average molecular weight is 187 g/mol. The summed E-state index contributed by atoms with van der Waals surface area (Å²) >= 11 is 0. The van der Waals surface area contributed by atoms with Gasteiger partial charge in [0.15, 0.2) is 0 Å². The first-order chi connectivity index (χ1) is 6.16. The number of hydrogen-bond donors (Lipinski definition) is 2. The lowest BCUT2D eigenvalue weighted by molar-refractivity contribution is -0.154. The van der Waals surface area contributed by atoms with Crippen molar-refractivity contribution >= 4 is 11.9 Å². The van der Waals surface area contributed by atoms with Crippen molar-refractivity contribution in [1.82, 2.24) is 5.32 Å². The number of hydrogen-bond acceptors (Lipinski definition) is 4. The molecule has 0 aliphatic carbocycles. The molecule has 1 fully saturated rings. The van der Waals surface area contributed by atoms with Crippen LogP contribution in [0.25, 0.3) is 0 Å². The Balaban J connectivity index is 2.67. The zero-order chi connectivity index (χ0) is 9.84. The molecular weight excluding hydrogens is 174 g/mol. The first kappa shape index (κ1) is 9.98. The van der Waals surface area contributed by atoms with Crippen LogP contribution in [0.2, 0.25) is 0 Å². The van der Waals surface area contributed by atoms with Gasteiger partial charge >= 0.3 is 11.9 Å². The summed E-state index contributed by atoms with van der Waals surface area (Å²) in [6.45, 7) is 0.643. The van der Waals surface area contributed by atoms with Crippen molar-refractivity contribution < 1.29 is 19.4 Å². The van der Waals surface area contributed by atoms with E-state index in [-0.39, 0.29) is 0 Å². The monoisotopic (exact) mass is 187 g/mol. The molecule has 5 nitrogen and oxygen atoms in total. The lowest BCUT2D eigenvalue weighted by Gasteiger charge is -2.27. The molecule has 0 bridgehead atoms. The zero-order valence-corrected chi connectivity index (χ0v) is 7.45. The van der Waals surface area contributed by atoms with E-state index in [1.54, 1.807) is 0 Å². The molecule has 0 spiro atoms. The van der Waals surface area contributed by atoms with Gasteiger partial charge in [-0.05, 0) is 19.4 Å². The highest BCUT2D eigenvalue weighted by atomic mass is 16.5. The molecule has 5 heteroatoms. The summed E-state index contributed by atoms with van der Waals surface area (Å²) in [5.74, 6) is -1.98. The predicted molar refractivity (Wildman–Crippen MR) is 44.2 cm³/mol. The molecule has 74 valence electrons.